The molecule has 100 valence electrons. The average Bonchev–Trinajstić information content (AvgIpc) is 2.28. The van der Waals surface area contributed by atoms with Gasteiger partial charge in [-0.25, -0.2) is 0 Å². The molecule has 0 heterocycles. The fourth-order valence-corrected chi connectivity index (χ4v) is 1.53. The molecule has 0 fully saturated rings. The molecule has 0 amide bonds. The summed E-state index contributed by atoms with van der Waals surface area (Å²) in [7, 11) is 0. The first-order valence-corrected chi connectivity index (χ1v) is 5.36. The average molecular weight is 262 g/mol. The zero-order valence-electron chi connectivity index (χ0n) is 9.70. The second-order valence-corrected chi connectivity index (χ2v) is 3.61. The maximum atomic E-state index is 12.7. The van der Waals surface area contributed by atoms with Crippen molar-refractivity contribution >= 4 is 5.97 Å². The van der Waals surface area contributed by atoms with Crippen LogP contribution in [-0.4, -0.2) is 17.7 Å². The molecule has 1 N–H and O–H groups in total. The van der Waals surface area contributed by atoms with E-state index >= 15 is 0 Å². The number of hydrogen-bond donors (Lipinski definition) is 1. The lowest BCUT2D eigenvalue weighted by atomic mass is 10.00. The molecule has 1 aromatic rings. The number of aliphatic hydroxyl groups is 1. The monoisotopic (exact) mass is 262 g/mol. The molecule has 0 aliphatic carbocycles. The Kier molecular flexibility index (Phi) is 4.72. The summed E-state index contributed by atoms with van der Waals surface area (Å²) in [5.74, 6) is -0.734. The van der Waals surface area contributed by atoms with Gasteiger partial charge in [0.2, 0.25) is 0 Å². The van der Waals surface area contributed by atoms with Gasteiger partial charge in [-0.3, -0.25) is 4.79 Å². The normalized spacial score (nSPS) is 13.2. The highest BCUT2D eigenvalue weighted by Gasteiger charge is 2.35. The molecule has 0 saturated carbocycles. The van der Waals surface area contributed by atoms with Crippen LogP contribution in [0.1, 0.15) is 30.6 Å². The Morgan fingerprint density at radius 3 is 2.56 bits per heavy atom. The number of benzene rings is 1. The number of hydrogen-bond acceptors (Lipinski definition) is 3. The molecule has 0 aliphatic heterocycles. The number of aliphatic hydroxyl groups excluding tert-OH is 1. The Bertz CT molecular complexity index is 415. The van der Waals surface area contributed by atoms with Crippen molar-refractivity contribution in [3.05, 3.63) is 35.4 Å². The summed E-state index contributed by atoms with van der Waals surface area (Å²) in [4.78, 5) is 11.1. The lowest BCUT2D eigenvalue weighted by Gasteiger charge is -2.16. The SMILES string of the molecule is CCOC(=O)CC(O)c1ccccc1C(F)(F)F. The van der Waals surface area contributed by atoms with Crippen molar-refractivity contribution < 1.29 is 27.8 Å². The number of carbonyl (C=O) groups excluding carboxylic acids is 1. The van der Waals surface area contributed by atoms with E-state index < -0.39 is 30.2 Å². The van der Waals surface area contributed by atoms with Crippen LogP contribution in [0.25, 0.3) is 0 Å². The molecular weight excluding hydrogens is 249 g/mol. The van der Waals surface area contributed by atoms with Crippen LogP contribution in [0, 0.1) is 0 Å². The van der Waals surface area contributed by atoms with Crippen molar-refractivity contribution in [1.29, 1.82) is 0 Å². The van der Waals surface area contributed by atoms with E-state index in [9.17, 15) is 23.1 Å². The summed E-state index contributed by atoms with van der Waals surface area (Å²) in [6, 6.07) is 4.61. The number of halogens is 3. The van der Waals surface area contributed by atoms with Crippen LogP contribution in [0.4, 0.5) is 13.2 Å². The molecule has 1 rings (SSSR count). The van der Waals surface area contributed by atoms with Crippen LogP contribution in [0.2, 0.25) is 0 Å². The molecule has 0 saturated heterocycles. The lowest BCUT2D eigenvalue weighted by Crippen LogP contribution is -2.15. The summed E-state index contributed by atoms with van der Waals surface area (Å²) >= 11 is 0. The van der Waals surface area contributed by atoms with E-state index in [1.54, 1.807) is 6.92 Å². The summed E-state index contributed by atoms with van der Waals surface area (Å²) in [5.41, 5.74) is -1.26. The molecule has 1 atom stereocenters. The van der Waals surface area contributed by atoms with Crippen LogP contribution in [0.5, 0.6) is 0 Å². The van der Waals surface area contributed by atoms with Crippen LogP contribution >= 0.6 is 0 Å². The van der Waals surface area contributed by atoms with Gasteiger partial charge in [0, 0.05) is 0 Å². The summed E-state index contributed by atoms with van der Waals surface area (Å²) in [5, 5.41) is 9.66. The van der Waals surface area contributed by atoms with Crippen LogP contribution in [0.3, 0.4) is 0 Å². The van der Waals surface area contributed by atoms with E-state index in [-0.39, 0.29) is 12.2 Å². The standard InChI is InChI=1S/C12H13F3O3/c1-2-18-11(17)7-10(16)8-5-3-4-6-9(8)12(13,14)15/h3-6,10,16H,2,7H2,1H3. The van der Waals surface area contributed by atoms with Crippen molar-refractivity contribution in [3.63, 3.8) is 0 Å². The largest absolute Gasteiger partial charge is 0.466 e. The predicted octanol–water partition coefficient (Wildman–Crippen LogP) is 2.69. The lowest BCUT2D eigenvalue weighted by molar-refractivity contribution is -0.147. The summed E-state index contributed by atoms with van der Waals surface area (Å²) in [6.45, 7) is 1.69. The Hall–Kier alpha value is -1.56. The van der Waals surface area contributed by atoms with E-state index in [2.05, 4.69) is 4.74 Å². The van der Waals surface area contributed by atoms with E-state index in [1.165, 1.54) is 12.1 Å². The summed E-state index contributed by atoms with van der Waals surface area (Å²) < 4.78 is 42.6. The van der Waals surface area contributed by atoms with Crippen LogP contribution in [-0.2, 0) is 15.7 Å². The highest BCUT2D eigenvalue weighted by Crippen LogP contribution is 2.35. The first kappa shape index (κ1) is 14.5. The highest BCUT2D eigenvalue weighted by molar-refractivity contribution is 5.70. The molecule has 1 unspecified atom stereocenters. The zero-order valence-corrected chi connectivity index (χ0v) is 9.70. The van der Waals surface area contributed by atoms with E-state index in [0.29, 0.717) is 0 Å². The summed E-state index contributed by atoms with van der Waals surface area (Å²) in [6.07, 6.45) is -6.59. The van der Waals surface area contributed by atoms with Gasteiger partial charge in [0.1, 0.15) is 0 Å². The molecule has 18 heavy (non-hydrogen) atoms. The smallest absolute Gasteiger partial charge is 0.416 e. The highest BCUT2D eigenvalue weighted by atomic mass is 19.4. The quantitative estimate of drug-likeness (QED) is 0.848. The first-order chi connectivity index (χ1) is 8.36. The third kappa shape index (κ3) is 3.73. The maximum absolute atomic E-state index is 12.7. The molecule has 0 spiro atoms. The van der Waals surface area contributed by atoms with E-state index in [0.717, 1.165) is 12.1 Å². The predicted molar refractivity (Wildman–Crippen MR) is 57.7 cm³/mol. The third-order valence-electron chi connectivity index (χ3n) is 2.29. The van der Waals surface area contributed by atoms with Gasteiger partial charge in [-0.15, -0.1) is 0 Å². The molecular formula is C12H13F3O3. The first-order valence-electron chi connectivity index (χ1n) is 5.36. The molecule has 0 aliphatic rings. The maximum Gasteiger partial charge on any atom is 0.416 e. The van der Waals surface area contributed by atoms with Gasteiger partial charge < -0.3 is 9.84 Å². The number of esters is 1. The molecule has 6 heteroatoms. The van der Waals surface area contributed by atoms with Crippen molar-refractivity contribution in [2.75, 3.05) is 6.61 Å². The molecule has 0 bridgehead atoms. The second kappa shape index (κ2) is 5.86. The molecule has 1 aromatic carbocycles. The topological polar surface area (TPSA) is 46.5 Å². The van der Waals surface area contributed by atoms with Crippen molar-refractivity contribution in [2.45, 2.75) is 25.6 Å². The minimum atomic E-state index is -4.56. The van der Waals surface area contributed by atoms with Gasteiger partial charge in [0.15, 0.2) is 0 Å². The minimum absolute atomic E-state index is 0.118. The Morgan fingerprint density at radius 1 is 1.39 bits per heavy atom. The van der Waals surface area contributed by atoms with Gasteiger partial charge in [-0.05, 0) is 18.6 Å². The van der Waals surface area contributed by atoms with Gasteiger partial charge in [0.05, 0.1) is 24.7 Å². The number of carbonyl (C=O) groups is 1. The molecule has 0 radical (unpaired) electrons. The van der Waals surface area contributed by atoms with Gasteiger partial charge in [0.25, 0.3) is 0 Å². The van der Waals surface area contributed by atoms with Crippen LogP contribution < -0.4 is 0 Å². The molecule has 0 aromatic heterocycles. The Labute approximate surface area is 102 Å². The number of alkyl halides is 3. The molecule has 3 nitrogen and oxygen atoms in total. The van der Waals surface area contributed by atoms with Crippen molar-refractivity contribution in [1.82, 2.24) is 0 Å². The van der Waals surface area contributed by atoms with E-state index in [4.69, 9.17) is 0 Å². The second-order valence-electron chi connectivity index (χ2n) is 3.61. The fourth-order valence-electron chi connectivity index (χ4n) is 1.53. The van der Waals surface area contributed by atoms with Gasteiger partial charge >= 0.3 is 12.1 Å². The number of rotatable bonds is 4. The van der Waals surface area contributed by atoms with Gasteiger partial charge in [-0.2, -0.15) is 13.2 Å². The van der Waals surface area contributed by atoms with Crippen LogP contribution in [0.15, 0.2) is 24.3 Å². The van der Waals surface area contributed by atoms with Gasteiger partial charge in [-0.1, -0.05) is 18.2 Å². The zero-order chi connectivity index (χ0) is 13.8. The fraction of sp³-hybridized carbons (Fsp3) is 0.417. The Balaban J connectivity index is 2.92. The van der Waals surface area contributed by atoms with E-state index in [1.807, 2.05) is 0 Å². The van der Waals surface area contributed by atoms with Crippen molar-refractivity contribution in [2.24, 2.45) is 0 Å². The Morgan fingerprint density at radius 2 is 2.00 bits per heavy atom. The minimum Gasteiger partial charge on any atom is -0.466 e. The van der Waals surface area contributed by atoms with Crippen molar-refractivity contribution in [3.8, 4) is 0 Å². The number of ether oxygens (including phenoxy) is 1. The third-order valence-corrected chi connectivity index (χ3v) is 2.29.